The molecule has 0 N–H and O–H groups in total. The van der Waals surface area contributed by atoms with E-state index < -0.39 is 0 Å². The Hall–Kier alpha value is -2.43. The van der Waals surface area contributed by atoms with E-state index in [1.165, 1.54) is 5.69 Å². The summed E-state index contributed by atoms with van der Waals surface area (Å²) in [6.07, 6.45) is 2.99. The summed E-state index contributed by atoms with van der Waals surface area (Å²) in [5.74, 6) is 1.41. The Bertz CT molecular complexity index is 722. The number of carbonyl (C=O) groups is 1. The highest BCUT2D eigenvalue weighted by Gasteiger charge is 2.30. The zero-order valence-electron chi connectivity index (χ0n) is 12.5. The molecule has 3 heterocycles. The minimum absolute atomic E-state index is 0.0533. The Labute approximate surface area is 129 Å². The maximum Gasteiger partial charge on any atom is 0.254 e. The molecule has 2 aliphatic rings. The van der Waals surface area contributed by atoms with Gasteiger partial charge in [-0.15, -0.1) is 0 Å². The molecule has 5 nitrogen and oxygen atoms in total. The molecule has 0 radical (unpaired) electrons. The van der Waals surface area contributed by atoms with Crippen molar-refractivity contribution in [2.75, 3.05) is 13.3 Å². The predicted octanol–water partition coefficient (Wildman–Crippen LogP) is 2.82. The number of carbonyl (C=O) groups excluding carboxylic acids is 1. The van der Waals surface area contributed by atoms with E-state index in [9.17, 15) is 4.79 Å². The smallest absolute Gasteiger partial charge is 0.254 e. The summed E-state index contributed by atoms with van der Waals surface area (Å²) in [6, 6.07) is 9.69. The first-order valence-electron chi connectivity index (χ1n) is 7.63. The summed E-state index contributed by atoms with van der Waals surface area (Å²) in [6.45, 7) is 3.91. The minimum atomic E-state index is 0.0533. The molecule has 0 aliphatic carbocycles. The Morgan fingerprint density at radius 1 is 1.23 bits per heavy atom. The molecular weight excluding hydrogens is 280 g/mol. The first-order chi connectivity index (χ1) is 10.8. The highest BCUT2D eigenvalue weighted by Crippen LogP contribution is 2.35. The topological polar surface area (TPSA) is 43.7 Å². The molecule has 0 saturated carbocycles. The van der Waals surface area contributed by atoms with Gasteiger partial charge in [-0.1, -0.05) is 6.92 Å². The van der Waals surface area contributed by atoms with Crippen LogP contribution >= 0.6 is 0 Å². The second-order valence-electron chi connectivity index (χ2n) is 5.62. The van der Waals surface area contributed by atoms with Crippen molar-refractivity contribution >= 4 is 5.91 Å². The fourth-order valence-corrected chi connectivity index (χ4v) is 3.33. The van der Waals surface area contributed by atoms with Crippen LogP contribution in [0.2, 0.25) is 0 Å². The van der Waals surface area contributed by atoms with E-state index in [1.807, 2.05) is 23.1 Å². The summed E-state index contributed by atoms with van der Waals surface area (Å²) in [7, 11) is 0. The molecule has 1 atom stereocenters. The summed E-state index contributed by atoms with van der Waals surface area (Å²) in [5.41, 5.74) is 1.87. The zero-order chi connectivity index (χ0) is 15.1. The Morgan fingerprint density at radius 2 is 2.09 bits per heavy atom. The van der Waals surface area contributed by atoms with Crippen molar-refractivity contribution in [2.45, 2.75) is 25.9 Å². The first kappa shape index (κ1) is 13.2. The molecule has 0 saturated heterocycles. The Kier molecular flexibility index (Phi) is 3.06. The predicted molar refractivity (Wildman–Crippen MR) is 81.1 cm³/mol. The summed E-state index contributed by atoms with van der Waals surface area (Å²) < 4.78 is 12.9. The van der Waals surface area contributed by atoms with Crippen LogP contribution in [-0.4, -0.2) is 28.7 Å². The Morgan fingerprint density at radius 3 is 2.95 bits per heavy atom. The molecule has 2 aromatic rings. The SMILES string of the molecule is CC[C@H]1c2cccn2CCN1C(=O)c1ccc2c(c1)OCO2. The van der Waals surface area contributed by atoms with Gasteiger partial charge >= 0.3 is 0 Å². The lowest BCUT2D eigenvalue weighted by molar-refractivity contribution is 0.0617. The Balaban J connectivity index is 1.65. The van der Waals surface area contributed by atoms with E-state index in [4.69, 9.17) is 9.47 Å². The standard InChI is InChI=1S/C17H18N2O3/c1-2-13-14-4-3-7-18(14)8-9-19(13)17(20)12-5-6-15-16(10-12)22-11-21-15/h3-7,10,13H,2,8-9,11H2,1H3/t13-/m0/s1. The second-order valence-corrected chi connectivity index (χ2v) is 5.62. The van der Waals surface area contributed by atoms with Gasteiger partial charge in [0.1, 0.15) is 0 Å². The quantitative estimate of drug-likeness (QED) is 0.856. The summed E-state index contributed by atoms with van der Waals surface area (Å²) in [4.78, 5) is 14.9. The molecule has 114 valence electrons. The minimum Gasteiger partial charge on any atom is -0.454 e. The van der Waals surface area contributed by atoms with Crippen LogP contribution in [0.3, 0.4) is 0 Å². The van der Waals surface area contributed by atoms with Gasteiger partial charge in [0.15, 0.2) is 11.5 Å². The van der Waals surface area contributed by atoms with Crippen molar-refractivity contribution < 1.29 is 14.3 Å². The molecule has 1 aromatic heterocycles. The summed E-state index contributed by atoms with van der Waals surface area (Å²) in [5, 5.41) is 0. The van der Waals surface area contributed by atoms with Crippen LogP contribution in [0.5, 0.6) is 11.5 Å². The maximum atomic E-state index is 12.9. The van der Waals surface area contributed by atoms with Gasteiger partial charge in [-0.2, -0.15) is 0 Å². The third-order valence-corrected chi connectivity index (χ3v) is 4.43. The van der Waals surface area contributed by atoms with E-state index in [-0.39, 0.29) is 18.7 Å². The molecule has 4 rings (SSSR count). The third-order valence-electron chi connectivity index (χ3n) is 4.43. The molecule has 1 amide bonds. The monoisotopic (exact) mass is 298 g/mol. The third kappa shape index (κ3) is 1.96. The van der Waals surface area contributed by atoms with Gasteiger partial charge in [0, 0.05) is 30.5 Å². The van der Waals surface area contributed by atoms with Crippen molar-refractivity contribution in [3.63, 3.8) is 0 Å². The van der Waals surface area contributed by atoms with Crippen LogP contribution in [0.1, 0.15) is 35.4 Å². The summed E-state index contributed by atoms with van der Waals surface area (Å²) >= 11 is 0. The van der Waals surface area contributed by atoms with Gasteiger partial charge in [0.05, 0.1) is 6.04 Å². The van der Waals surface area contributed by atoms with Crippen molar-refractivity contribution in [1.29, 1.82) is 0 Å². The number of amides is 1. The fourth-order valence-electron chi connectivity index (χ4n) is 3.33. The number of hydrogen-bond donors (Lipinski definition) is 0. The van der Waals surface area contributed by atoms with Crippen LogP contribution in [-0.2, 0) is 6.54 Å². The molecule has 2 aliphatic heterocycles. The van der Waals surface area contributed by atoms with Crippen LogP contribution < -0.4 is 9.47 Å². The average molecular weight is 298 g/mol. The van der Waals surface area contributed by atoms with Gasteiger partial charge < -0.3 is 18.9 Å². The first-order valence-corrected chi connectivity index (χ1v) is 7.63. The van der Waals surface area contributed by atoms with Crippen molar-refractivity contribution in [1.82, 2.24) is 9.47 Å². The molecule has 1 aromatic carbocycles. The average Bonchev–Trinajstić information content (AvgIpc) is 3.20. The van der Waals surface area contributed by atoms with E-state index in [0.717, 1.165) is 19.5 Å². The molecule has 0 unspecified atom stereocenters. The van der Waals surface area contributed by atoms with Crippen LogP contribution in [0.4, 0.5) is 0 Å². The van der Waals surface area contributed by atoms with Gasteiger partial charge in [0.2, 0.25) is 6.79 Å². The second kappa shape index (κ2) is 5.09. The number of hydrogen-bond acceptors (Lipinski definition) is 3. The molecule has 0 fully saturated rings. The molecule has 0 bridgehead atoms. The van der Waals surface area contributed by atoms with Crippen molar-refractivity contribution in [2.24, 2.45) is 0 Å². The fraction of sp³-hybridized carbons (Fsp3) is 0.353. The van der Waals surface area contributed by atoms with E-state index in [2.05, 4.69) is 23.8 Å². The largest absolute Gasteiger partial charge is 0.454 e. The molecular formula is C17H18N2O3. The van der Waals surface area contributed by atoms with Crippen molar-refractivity contribution in [3.05, 3.63) is 47.8 Å². The lowest BCUT2D eigenvalue weighted by Crippen LogP contribution is -2.41. The lowest BCUT2D eigenvalue weighted by Gasteiger charge is -2.36. The maximum absolute atomic E-state index is 12.9. The van der Waals surface area contributed by atoms with Gasteiger partial charge in [-0.3, -0.25) is 4.79 Å². The number of nitrogens with zero attached hydrogens (tertiary/aromatic N) is 2. The van der Waals surface area contributed by atoms with Gasteiger partial charge in [0.25, 0.3) is 5.91 Å². The van der Waals surface area contributed by atoms with Crippen LogP contribution in [0, 0.1) is 0 Å². The highest BCUT2D eigenvalue weighted by molar-refractivity contribution is 5.95. The number of aromatic nitrogens is 1. The van der Waals surface area contributed by atoms with Crippen LogP contribution in [0.25, 0.3) is 0 Å². The molecule has 5 heteroatoms. The zero-order valence-corrected chi connectivity index (χ0v) is 12.5. The molecule has 0 spiro atoms. The van der Waals surface area contributed by atoms with Gasteiger partial charge in [-0.05, 0) is 36.8 Å². The normalized spacial score (nSPS) is 19.1. The van der Waals surface area contributed by atoms with Crippen molar-refractivity contribution in [3.8, 4) is 11.5 Å². The van der Waals surface area contributed by atoms with E-state index in [1.54, 1.807) is 6.07 Å². The number of benzene rings is 1. The number of fused-ring (bicyclic) bond motifs is 2. The number of rotatable bonds is 2. The van der Waals surface area contributed by atoms with E-state index >= 15 is 0 Å². The van der Waals surface area contributed by atoms with E-state index in [0.29, 0.717) is 17.1 Å². The van der Waals surface area contributed by atoms with Crippen LogP contribution in [0.15, 0.2) is 36.5 Å². The molecule has 22 heavy (non-hydrogen) atoms. The number of ether oxygens (including phenoxy) is 2. The van der Waals surface area contributed by atoms with Gasteiger partial charge in [-0.25, -0.2) is 0 Å². The highest BCUT2D eigenvalue weighted by atomic mass is 16.7. The lowest BCUT2D eigenvalue weighted by atomic mass is 10.0.